The first-order valence-corrected chi connectivity index (χ1v) is 9.18. The molecule has 3 N–H and O–H groups in total. The predicted molar refractivity (Wildman–Crippen MR) is 71.5 cm³/mol. The summed E-state index contributed by atoms with van der Waals surface area (Å²) in [5.41, 5.74) is 0.128. The summed E-state index contributed by atoms with van der Waals surface area (Å²) in [6.45, 7) is 5.52. The quantitative estimate of drug-likeness (QED) is 0.673. The average molecular weight is 331 g/mol. The van der Waals surface area contributed by atoms with Crippen molar-refractivity contribution in [3.05, 3.63) is 18.2 Å². The van der Waals surface area contributed by atoms with Gasteiger partial charge in [-0.1, -0.05) is 0 Å². The molecule has 1 amide bonds. The maximum absolute atomic E-state index is 11.6. The van der Waals surface area contributed by atoms with Crippen LogP contribution in [0.4, 0.5) is 5.69 Å². The fourth-order valence-corrected chi connectivity index (χ4v) is 2.84. The molecule has 0 aliphatic carbocycles. The number of aromatic hydroxyl groups is 1. The van der Waals surface area contributed by atoms with Gasteiger partial charge in [0, 0.05) is 0 Å². The van der Waals surface area contributed by atoms with Gasteiger partial charge in [0.1, 0.15) is 0 Å². The van der Waals surface area contributed by atoms with Gasteiger partial charge in [0.15, 0.2) is 0 Å². The van der Waals surface area contributed by atoms with Gasteiger partial charge >= 0.3 is 114 Å². The normalized spacial score (nSPS) is 11.7. The van der Waals surface area contributed by atoms with Gasteiger partial charge in [0.2, 0.25) is 0 Å². The first-order chi connectivity index (χ1) is 8.62. The number of benzene rings is 1. The standard InChI is InChI=1S/C12H18AsNO5/c1-8(2)7-14(9(3)15)11-6-10(13(17,18)19)4-5-12(11)16/h4-6,8,16H,7H2,1-3H3,(H2,17,18,19). The zero-order valence-corrected chi connectivity index (χ0v) is 12.9. The third-order valence-corrected chi connectivity index (χ3v) is 4.51. The van der Waals surface area contributed by atoms with Crippen LogP contribution in [0.1, 0.15) is 20.8 Å². The molecule has 0 aliphatic heterocycles. The van der Waals surface area contributed by atoms with E-state index in [2.05, 4.69) is 0 Å². The van der Waals surface area contributed by atoms with Crippen LogP contribution in [0.5, 0.6) is 5.75 Å². The third kappa shape index (κ3) is 4.13. The molecule has 19 heavy (non-hydrogen) atoms. The molecule has 6 nitrogen and oxygen atoms in total. The molecule has 0 radical (unpaired) electrons. The van der Waals surface area contributed by atoms with E-state index in [0.29, 0.717) is 6.54 Å². The Hall–Kier alpha value is -1.23. The van der Waals surface area contributed by atoms with Gasteiger partial charge < -0.3 is 0 Å². The van der Waals surface area contributed by atoms with Gasteiger partial charge in [-0.15, -0.1) is 0 Å². The molecule has 0 bridgehead atoms. The van der Waals surface area contributed by atoms with E-state index in [-0.39, 0.29) is 27.6 Å². The van der Waals surface area contributed by atoms with Gasteiger partial charge in [-0.25, -0.2) is 0 Å². The zero-order chi connectivity index (χ0) is 14.8. The van der Waals surface area contributed by atoms with Crippen molar-refractivity contribution in [1.29, 1.82) is 0 Å². The molecule has 1 aromatic rings. The monoisotopic (exact) mass is 331 g/mol. The van der Waals surface area contributed by atoms with Crippen LogP contribution in [0.25, 0.3) is 0 Å². The molecule has 0 heterocycles. The summed E-state index contributed by atoms with van der Waals surface area (Å²) >= 11 is -5.05. The predicted octanol–water partition coefficient (Wildman–Crippen LogP) is -0.0379. The van der Waals surface area contributed by atoms with Crippen molar-refractivity contribution in [2.45, 2.75) is 20.8 Å². The molecular weight excluding hydrogens is 313 g/mol. The second kappa shape index (κ2) is 5.82. The second-order valence-corrected chi connectivity index (χ2v) is 8.11. The molecule has 0 saturated carbocycles. The Morgan fingerprint density at radius 2 is 1.95 bits per heavy atom. The number of nitrogens with zero attached hydrogens (tertiary/aromatic N) is 1. The number of carbonyl (C=O) groups excluding carboxylic acids is 1. The number of amides is 1. The second-order valence-electron chi connectivity index (χ2n) is 4.74. The van der Waals surface area contributed by atoms with Crippen molar-refractivity contribution < 1.29 is 21.8 Å². The number of carbonyl (C=O) groups is 1. The minimum absolute atomic E-state index is 0.128. The Balaban J connectivity index is 3.30. The first kappa shape index (κ1) is 15.8. The van der Waals surface area contributed by atoms with Crippen LogP contribution >= 0.6 is 0 Å². The number of rotatable bonds is 4. The van der Waals surface area contributed by atoms with E-state index >= 15 is 0 Å². The first-order valence-electron chi connectivity index (χ1n) is 5.80. The number of phenols is 1. The van der Waals surface area contributed by atoms with Crippen molar-refractivity contribution in [1.82, 2.24) is 0 Å². The number of hydrogen-bond acceptors (Lipinski definition) is 3. The Kier molecular flexibility index (Phi) is 4.85. The fraction of sp³-hybridized carbons (Fsp3) is 0.417. The number of phenolic OH excluding ortho intramolecular Hbond substituents is 1. The van der Waals surface area contributed by atoms with Crippen LogP contribution in [0.3, 0.4) is 0 Å². The Bertz CT molecular complexity index is 523. The Morgan fingerprint density at radius 3 is 2.37 bits per heavy atom. The van der Waals surface area contributed by atoms with E-state index in [9.17, 15) is 21.8 Å². The van der Waals surface area contributed by atoms with Crippen LogP contribution in [0.15, 0.2) is 18.2 Å². The topological polar surface area (TPSA) is 98.1 Å². The van der Waals surface area contributed by atoms with E-state index in [1.807, 2.05) is 13.8 Å². The summed E-state index contributed by atoms with van der Waals surface area (Å²) in [4.78, 5) is 12.9. The van der Waals surface area contributed by atoms with Gasteiger partial charge in [-0.2, -0.15) is 0 Å². The van der Waals surface area contributed by atoms with E-state index in [1.54, 1.807) is 0 Å². The Morgan fingerprint density at radius 1 is 1.37 bits per heavy atom. The number of hydrogen-bond donors (Lipinski definition) is 3. The molecule has 0 aliphatic rings. The minimum atomic E-state index is -5.05. The van der Waals surface area contributed by atoms with Crippen molar-refractivity contribution >= 4 is 30.1 Å². The van der Waals surface area contributed by atoms with Crippen LogP contribution in [-0.4, -0.2) is 39.9 Å². The van der Waals surface area contributed by atoms with Crippen molar-refractivity contribution in [3.8, 4) is 5.75 Å². The summed E-state index contributed by atoms with van der Waals surface area (Å²) in [5, 5.41) is 9.79. The van der Waals surface area contributed by atoms with Crippen molar-refractivity contribution in [2.75, 3.05) is 11.4 Å². The van der Waals surface area contributed by atoms with E-state index in [1.165, 1.54) is 30.0 Å². The molecule has 0 unspecified atom stereocenters. The van der Waals surface area contributed by atoms with Gasteiger partial charge in [0.05, 0.1) is 0 Å². The molecule has 0 spiro atoms. The van der Waals surface area contributed by atoms with Crippen molar-refractivity contribution in [2.24, 2.45) is 5.92 Å². The molecule has 0 fully saturated rings. The van der Waals surface area contributed by atoms with Crippen LogP contribution in [0, 0.1) is 5.92 Å². The zero-order valence-electron chi connectivity index (χ0n) is 11.1. The summed E-state index contributed by atoms with van der Waals surface area (Å²) in [6, 6.07) is 3.55. The molecular formula is C12H18AsNO5. The average Bonchev–Trinajstić information content (AvgIpc) is 2.24. The maximum atomic E-state index is 11.6. The van der Waals surface area contributed by atoms with Crippen LogP contribution in [-0.2, 0) is 8.53 Å². The fourth-order valence-electron chi connectivity index (χ4n) is 1.67. The van der Waals surface area contributed by atoms with Crippen LogP contribution in [0.2, 0.25) is 0 Å². The molecule has 0 saturated heterocycles. The van der Waals surface area contributed by atoms with Gasteiger partial charge in [-0.3, -0.25) is 0 Å². The third-order valence-electron chi connectivity index (χ3n) is 2.51. The molecule has 1 aromatic carbocycles. The summed E-state index contributed by atoms with van der Waals surface area (Å²) in [6.07, 6.45) is 0. The SMILES string of the molecule is CC(=O)N(CC(C)C)c1cc([As](=O)(O)O)ccc1O. The van der Waals surface area contributed by atoms with Crippen molar-refractivity contribution in [3.63, 3.8) is 0 Å². The van der Waals surface area contributed by atoms with Gasteiger partial charge in [-0.05, 0) is 0 Å². The number of anilines is 1. The van der Waals surface area contributed by atoms with Crippen LogP contribution < -0.4 is 9.25 Å². The summed E-state index contributed by atoms with van der Waals surface area (Å²) < 4.78 is 29.5. The molecule has 7 heteroatoms. The Labute approximate surface area is 114 Å². The summed E-state index contributed by atoms with van der Waals surface area (Å²) in [7, 11) is 0. The molecule has 106 valence electrons. The van der Waals surface area contributed by atoms with E-state index in [0.717, 1.165) is 0 Å². The van der Waals surface area contributed by atoms with Gasteiger partial charge in [0.25, 0.3) is 0 Å². The van der Waals surface area contributed by atoms with E-state index in [4.69, 9.17) is 0 Å². The molecule has 0 aromatic heterocycles. The molecule has 1 rings (SSSR count). The summed E-state index contributed by atoms with van der Waals surface area (Å²) in [5.74, 6) is -0.310. The molecule has 0 atom stereocenters. The van der Waals surface area contributed by atoms with E-state index < -0.39 is 14.2 Å².